The summed E-state index contributed by atoms with van der Waals surface area (Å²) in [6.45, 7) is 9.34. The number of amides is 1. The van der Waals surface area contributed by atoms with Crippen molar-refractivity contribution in [3.63, 3.8) is 0 Å². The van der Waals surface area contributed by atoms with E-state index in [9.17, 15) is 4.79 Å². The highest BCUT2D eigenvalue weighted by Gasteiger charge is 2.19. The molecule has 22 heavy (non-hydrogen) atoms. The average Bonchev–Trinajstić information content (AvgIpc) is 2.49. The Kier molecular flexibility index (Phi) is 9.86. The van der Waals surface area contributed by atoms with Crippen LogP contribution in [0.4, 0.5) is 0 Å². The van der Waals surface area contributed by atoms with Gasteiger partial charge in [-0.15, -0.1) is 12.4 Å². The highest BCUT2D eigenvalue weighted by Crippen LogP contribution is 2.18. The molecule has 126 valence electrons. The number of para-hydroxylation sites is 1. The zero-order chi connectivity index (χ0) is 15.8. The van der Waals surface area contributed by atoms with Crippen LogP contribution < -0.4 is 15.8 Å². The summed E-state index contributed by atoms with van der Waals surface area (Å²) in [5.41, 5.74) is 6.90. The highest BCUT2D eigenvalue weighted by atomic mass is 35.5. The van der Waals surface area contributed by atoms with E-state index in [-0.39, 0.29) is 24.2 Å². The van der Waals surface area contributed by atoms with Gasteiger partial charge in [-0.05, 0) is 17.9 Å². The zero-order valence-corrected chi connectivity index (χ0v) is 14.8. The Morgan fingerprint density at radius 2 is 1.91 bits per heavy atom. The van der Waals surface area contributed by atoms with Crippen molar-refractivity contribution < 1.29 is 9.53 Å². The number of nitrogens with two attached hydrogens (primary N) is 1. The summed E-state index contributed by atoms with van der Waals surface area (Å²) < 4.78 is 5.78. The summed E-state index contributed by atoms with van der Waals surface area (Å²) in [6, 6.07) is 7.31. The van der Waals surface area contributed by atoms with Crippen LogP contribution in [0.2, 0.25) is 0 Å². The number of ether oxygens (including phenoxy) is 1. The SMILES string of the molecule is CCC(C)C(N)C(=O)NCc1ccccc1OCC(C)C.Cl. The third-order valence-electron chi connectivity index (χ3n) is 3.56. The minimum atomic E-state index is -0.459. The van der Waals surface area contributed by atoms with Gasteiger partial charge in [0, 0.05) is 12.1 Å². The first kappa shape index (κ1) is 20.7. The topological polar surface area (TPSA) is 64.4 Å². The molecule has 1 rings (SSSR count). The van der Waals surface area contributed by atoms with E-state index in [2.05, 4.69) is 19.2 Å². The first-order chi connectivity index (χ1) is 9.95. The fourth-order valence-corrected chi connectivity index (χ4v) is 1.86. The van der Waals surface area contributed by atoms with Gasteiger partial charge in [0.1, 0.15) is 5.75 Å². The van der Waals surface area contributed by atoms with Crippen LogP contribution in [-0.4, -0.2) is 18.6 Å². The normalized spacial score (nSPS) is 13.2. The number of carbonyl (C=O) groups excluding carboxylic acids is 1. The van der Waals surface area contributed by atoms with E-state index in [4.69, 9.17) is 10.5 Å². The molecule has 1 aromatic carbocycles. The van der Waals surface area contributed by atoms with Gasteiger partial charge in [0.05, 0.1) is 12.6 Å². The number of hydrogen-bond acceptors (Lipinski definition) is 3. The highest BCUT2D eigenvalue weighted by molar-refractivity contribution is 5.85. The second-order valence-electron chi connectivity index (χ2n) is 5.94. The lowest BCUT2D eigenvalue weighted by Crippen LogP contribution is -2.44. The third kappa shape index (κ3) is 6.67. The summed E-state index contributed by atoms with van der Waals surface area (Å²) in [5.74, 6) is 1.36. The van der Waals surface area contributed by atoms with Crippen molar-refractivity contribution in [2.45, 2.75) is 46.7 Å². The quantitative estimate of drug-likeness (QED) is 0.770. The van der Waals surface area contributed by atoms with Crippen LogP contribution in [0.5, 0.6) is 5.75 Å². The summed E-state index contributed by atoms with van der Waals surface area (Å²) in [4.78, 5) is 12.0. The molecular formula is C17H29ClN2O2. The molecule has 0 radical (unpaired) electrons. The Morgan fingerprint density at radius 1 is 1.27 bits per heavy atom. The Bertz CT molecular complexity index is 452. The molecule has 0 aromatic heterocycles. The molecular weight excluding hydrogens is 300 g/mol. The van der Waals surface area contributed by atoms with Crippen LogP contribution >= 0.6 is 12.4 Å². The molecule has 1 amide bonds. The number of carbonyl (C=O) groups is 1. The molecule has 5 heteroatoms. The van der Waals surface area contributed by atoms with Gasteiger partial charge in [-0.2, -0.15) is 0 Å². The maximum Gasteiger partial charge on any atom is 0.237 e. The molecule has 0 spiro atoms. The van der Waals surface area contributed by atoms with E-state index in [0.29, 0.717) is 19.1 Å². The van der Waals surface area contributed by atoms with Crippen LogP contribution in [0, 0.1) is 11.8 Å². The second kappa shape index (κ2) is 10.5. The van der Waals surface area contributed by atoms with E-state index in [1.165, 1.54) is 0 Å². The second-order valence-corrected chi connectivity index (χ2v) is 5.94. The molecule has 0 aliphatic carbocycles. The Balaban J connectivity index is 0.00000441. The Morgan fingerprint density at radius 3 is 2.50 bits per heavy atom. The Labute approximate surface area is 140 Å². The number of nitrogens with one attached hydrogen (secondary N) is 1. The van der Waals surface area contributed by atoms with Crippen LogP contribution in [0.1, 0.15) is 39.7 Å². The zero-order valence-electron chi connectivity index (χ0n) is 14.0. The molecule has 2 unspecified atom stereocenters. The maximum atomic E-state index is 12.0. The number of benzene rings is 1. The minimum absolute atomic E-state index is 0. The first-order valence-electron chi connectivity index (χ1n) is 7.69. The van der Waals surface area contributed by atoms with Crippen molar-refractivity contribution >= 4 is 18.3 Å². The Hall–Kier alpha value is -1.26. The molecule has 2 atom stereocenters. The fourth-order valence-electron chi connectivity index (χ4n) is 1.86. The van der Waals surface area contributed by atoms with Crippen molar-refractivity contribution in [2.24, 2.45) is 17.6 Å². The smallest absolute Gasteiger partial charge is 0.237 e. The third-order valence-corrected chi connectivity index (χ3v) is 3.56. The number of halogens is 1. The van der Waals surface area contributed by atoms with E-state index >= 15 is 0 Å². The molecule has 0 bridgehead atoms. The average molecular weight is 329 g/mol. The van der Waals surface area contributed by atoms with Crippen LogP contribution in [0.25, 0.3) is 0 Å². The van der Waals surface area contributed by atoms with Crippen LogP contribution in [0.3, 0.4) is 0 Å². The molecule has 4 nitrogen and oxygen atoms in total. The van der Waals surface area contributed by atoms with Crippen molar-refractivity contribution in [1.82, 2.24) is 5.32 Å². The minimum Gasteiger partial charge on any atom is -0.493 e. The van der Waals surface area contributed by atoms with Crippen LogP contribution in [-0.2, 0) is 11.3 Å². The molecule has 0 aliphatic heterocycles. The predicted molar refractivity (Wildman–Crippen MR) is 93.3 cm³/mol. The number of hydrogen-bond donors (Lipinski definition) is 2. The molecule has 0 fully saturated rings. The van der Waals surface area contributed by atoms with Gasteiger partial charge in [-0.3, -0.25) is 4.79 Å². The summed E-state index contributed by atoms with van der Waals surface area (Å²) in [6.07, 6.45) is 0.892. The monoisotopic (exact) mass is 328 g/mol. The molecule has 3 N–H and O–H groups in total. The molecule has 0 saturated heterocycles. The fraction of sp³-hybridized carbons (Fsp3) is 0.588. The lowest BCUT2D eigenvalue weighted by atomic mass is 9.99. The molecule has 0 aliphatic rings. The van der Waals surface area contributed by atoms with Gasteiger partial charge in [0.15, 0.2) is 0 Å². The van der Waals surface area contributed by atoms with Crippen molar-refractivity contribution in [2.75, 3.05) is 6.61 Å². The first-order valence-corrected chi connectivity index (χ1v) is 7.69. The van der Waals surface area contributed by atoms with Gasteiger partial charge < -0.3 is 15.8 Å². The van der Waals surface area contributed by atoms with Gasteiger partial charge >= 0.3 is 0 Å². The number of rotatable bonds is 8. The van der Waals surface area contributed by atoms with Gasteiger partial charge in [0.25, 0.3) is 0 Å². The van der Waals surface area contributed by atoms with E-state index in [0.717, 1.165) is 17.7 Å². The summed E-state index contributed by atoms with van der Waals surface area (Å²) >= 11 is 0. The largest absolute Gasteiger partial charge is 0.493 e. The predicted octanol–water partition coefficient (Wildman–Crippen LogP) is 3.13. The molecule has 0 heterocycles. The standard InChI is InChI=1S/C17H28N2O2.ClH/c1-5-13(4)16(18)17(20)19-10-14-8-6-7-9-15(14)21-11-12(2)3;/h6-9,12-13,16H,5,10-11,18H2,1-4H3,(H,19,20);1H. The summed E-state index contributed by atoms with van der Waals surface area (Å²) in [5, 5.41) is 2.90. The van der Waals surface area contributed by atoms with E-state index < -0.39 is 6.04 Å². The van der Waals surface area contributed by atoms with E-state index in [1.807, 2.05) is 38.1 Å². The maximum absolute atomic E-state index is 12.0. The molecule has 1 aromatic rings. The van der Waals surface area contributed by atoms with Crippen molar-refractivity contribution in [3.8, 4) is 5.75 Å². The van der Waals surface area contributed by atoms with Crippen molar-refractivity contribution in [3.05, 3.63) is 29.8 Å². The van der Waals surface area contributed by atoms with E-state index in [1.54, 1.807) is 0 Å². The van der Waals surface area contributed by atoms with Crippen LogP contribution in [0.15, 0.2) is 24.3 Å². The molecule has 0 saturated carbocycles. The lowest BCUT2D eigenvalue weighted by Gasteiger charge is -2.18. The lowest BCUT2D eigenvalue weighted by molar-refractivity contribution is -0.123. The van der Waals surface area contributed by atoms with Crippen molar-refractivity contribution in [1.29, 1.82) is 0 Å². The summed E-state index contributed by atoms with van der Waals surface area (Å²) in [7, 11) is 0. The van der Waals surface area contributed by atoms with Gasteiger partial charge in [-0.1, -0.05) is 52.3 Å². The van der Waals surface area contributed by atoms with Gasteiger partial charge in [-0.25, -0.2) is 0 Å². The van der Waals surface area contributed by atoms with Gasteiger partial charge in [0.2, 0.25) is 5.91 Å².